The van der Waals surface area contributed by atoms with E-state index >= 15 is 0 Å². The van der Waals surface area contributed by atoms with Gasteiger partial charge >= 0.3 is 0 Å². The summed E-state index contributed by atoms with van der Waals surface area (Å²) in [4.78, 5) is 22.7. The van der Waals surface area contributed by atoms with Crippen molar-refractivity contribution in [2.45, 2.75) is 4.90 Å². The SMILES string of the molecule is Cl.Nc1cccc2c1SC(=O)C2=O. The van der Waals surface area contributed by atoms with Gasteiger partial charge in [-0.3, -0.25) is 9.59 Å². The molecule has 1 aromatic rings. The third-order valence-corrected chi connectivity index (χ3v) is 2.70. The second-order valence-electron chi connectivity index (χ2n) is 2.44. The number of nitrogens with two attached hydrogens (primary N) is 1. The standard InChI is InChI=1S/C8H5NO2S.ClH/c9-5-3-1-2-4-6(10)8(11)12-7(4)5;/h1-3H,9H2;1H. The fraction of sp³-hybridized carbons (Fsp3) is 0. The normalized spacial score (nSPS) is 13.8. The van der Waals surface area contributed by atoms with Crippen LogP contribution in [-0.4, -0.2) is 10.9 Å². The van der Waals surface area contributed by atoms with Crippen LogP contribution in [-0.2, 0) is 4.79 Å². The van der Waals surface area contributed by atoms with Gasteiger partial charge in [0.05, 0.1) is 0 Å². The summed E-state index contributed by atoms with van der Waals surface area (Å²) in [7, 11) is 0. The number of nitrogen functional groups attached to an aromatic ring is 1. The van der Waals surface area contributed by atoms with E-state index in [4.69, 9.17) is 5.73 Å². The molecule has 0 amide bonds. The molecule has 1 aromatic carbocycles. The van der Waals surface area contributed by atoms with Gasteiger partial charge in [0.2, 0.25) is 5.78 Å². The van der Waals surface area contributed by atoms with Crippen LogP contribution in [0.15, 0.2) is 23.1 Å². The number of benzene rings is 1. The summed E-state index contributed by atoms with van der Waals surface area (Å²) in [5.41, 5.74) is 6.50. The van der Waals surface area contributed by atoms with E-state index in [1.54, 1.807) is 18.2 Å². The van der Waals surface area contributed by atoms with Crippen LogP contribution < -0.4 is 5.73 Å². The summed E-state index contributed by atoms with van der Waals surface area (Å²) >= 11 is 0.912. The van der Waals surface area contributed by atoms with Crippen LogP contribution in [0, 0.1) is 0 Å². The fourth-order valence-electron chi connectivity index (χ4n) is 1.10. The zero-order chi connectivity index (χ0) is 8.72. The second kappa shape index (κ2) is 3.40. The van der Waals surface area contributed by atoms with Crippen LogP contribution in [0.1, 0.15) is 10.4 Å². The Labute approximate surface area is 85.1 Å². The Morgan fingerprint density at radius 1 is 1.23 bits per heavy atom. The number of ketones is 1. The van der Waals surface area contributed by atoms with E-state index in [0.717, 1.165) is 11.8 Å². The van der Waals surface area contributed by atoms with Crippen molar-refractivity contribution in [1.82, 2.24) is 0 Å². The molecule has 5 heteroatoms. The molecule has 68 valence electrons. The number of carbonyl (C=O) groups is 2. The van der Waals surface area contributed by atoms with E-state index in [1.807, 2.05) is 0 Å². The van der Waals surface area contributed by atoms with E-state index in [1.165, 1.54) is 0 Å². The van der Waals surface area contributed by atoms with E-state index in [2.05, 4.69) is 0 Å². The van der Waals surface area contributed by atoms with Crippen molar-refractivity contribution < 1.29 is 9.59 Å². The minimum Gasteiger partial charge on any atom is -0.398 e. The minimum atomic E-state index is -0.442. The minimum absolute atomic E-state index is 0. The fourth-order valence-corrected chi connectivity index (χ4v) is 1.94. The van der Waals surface area contributed by atoms with Gasteiger partial charge in [-0.2, -0.15) is 0 Å². The average Bonchev–Trinajstić information content (AvgIpc) is 2.32. The Balaban J connectivity index is 0.000000845. The first-order valence-electron chi connectivity index (χ1n) is 3.35. The molecular formula is C8H6ClNO2S. The number of Topliss-reactive ketones (excluding diaryl/α,β-unsaturated/α-hetero) is 1. The third-order valence-electron chi connectivity index (χ3n) is 1.67. The van der Waals surface area contributed by atoms with Crippen molar-refractivity contribution in [2.24, 2.45) is 0 Å². The Hall–Kier alpha value is -1.00. The summed E-state index contributed by atoms with van der Waals surface area (Å²) in [6.07, 6.45) is 0. The first kappa shape index (κ1) is 10.1. The van der Waals surface area contributed by atoms with Crippen LogP contribution >= 0.6 is 24.2 Å². The summed E-state index contributed by atoms with van der Waals surface area (Å²) < 4.78 is 0. The number of thioether (sulfide) groups is 1. The third kappa shape index (κ3) is 1.43. The van der Waals surface area contributed by atoms with Crippen molar-refractivity contribution in [3.8, 4) is 0 Å². The summed E-state index contributed by atoms with van der Waals surface area (Å²) in [6.45, 7) is 0. The number of hydrogen-bond donors (Lipinski definition) is 1. The molecule has 2 N–H and O–H groups in total. The predicted molar refractivity (Wildman–Crippen MR) is 53.3 cm³/mol. The maximum absolute atomic E-state index is 11.1. The van der Waals surface area contributed by atoms with Crippen molar-refractivity contribution in [1.29, 1.82) is 0 Å². The summed E-state index contributed by atoms with van der Waals surface area (Å²) in [5, 5.41) is -0.442. The molecule has 0 saturated carbocycles. The maximum atomic E-state index is 11.1. The van der Waals surface area contributed by atoms with Gasteiger partial charge in [0.1, 0.15) is 0 Å². The highest BCUT2D eigenvalue weighted by Gasteiger charge is 2.30. The number of carbonyl (C=O) groups excluding carboxylic acids is 2. The largest absolute Gasteiger partial charge is 0.398 e. The van der Waals surface area contributed by atoms with Crippen molar-refractivity contribution in [3.63, 3.8) is 0 Å². The lowest BCUT2D eigenvalue weighted by molar-refractivity contribution is -0.107. The number of rotatable bonds is 0. The molecule has 0 unspecified atom stereocenters. The molecule has 0 aromatic heterocycles. The Kier molecular flexibility index (Phi) is 2.63. The topological polar surface area (TPSA) is 60.2 Å². The monoisotopic (exact) mass is 215 g/mol. The van der Waals surface area contributed by atoms with Crippen LogP contribution in [0.4, 0.5) is 5.69 Å². The van der Waals surface area contributed by atoms with E-state index in [9.17, 15) is 9.59 Å². The highest BCUT2D eigenvalue weighted by Crippen LogP contribution is 2.36. The van der Waals surface area contributed by atoms with Gasteiger partial charge in [0, 0.05) is 16.1 Å². The quantitative estimate of drug-likeness (QED) is 0.527. The van der Waals surface area contributed by atoms with E-state index < -0.39 is 10.9 Å². The molecule has 0 saturated heterocycles. The van der Waals surface area contributed by atoms with E-state index in [-0.39, 0.29) is 12.4 Å². The summed E-state index contributed by atoms with van der Waals surface area (Å²) in [6, 6.07) is 4.97. The van der Waals surface area contributed by atoms with Gasteiger partial charge in [0.25, 0.3) is 5.12 Å². The van der Waals surface area contributed by atoms with Gasteiger partial charge in [0.15, 0.2) is 0 Å². The molecule has 0 spiro atoms. The lowest BCUT2D eigenvalue weighted by Crippen LogP contribution is -2.02. The van der Waals surface area contributed by atoms with Gasteiger partial charge in [-0.15, -0.1) is 12.4 Å². The molecule has 3 nitrogen and oxygen atoms in total. The Morgan fingerprint density at radius 3 is 2.54 bits per heavy atom. The van der Waals surface area contributed by atoms with E-state index in [0.29, 0.717) is 16.1 Å². The molecular weight excluding hydrogens is 210 g/mol. The first-order chi connectivity index (χ1) is 5.70. The lowest BCUT2D eigenvalue weighted by Gasteiger charge is -1.97. The maximum Gasteiger partial charge on any atom is 0.264 e. The van der Waals surface area contributed by atoms with Gasteiger partial charge in [-0.1, -0.05) is 6.07 Å². The average molecular weight is 216 g/mol. The van der Waals surface area contributed by atoms with Gasteiger partial charge in [-0.25, -0.2) is 0 Å². The molecule has 2 rings (SSSR count). The second-order valence-corrected chi connectivity index (χ2v) is 3.43. The lowest BCUT2D eigenvalue weighted by atomic mass is 10.1. The molecule has 0 radical (unpaired) electrons. The van der Waals surface area contributed by atoms with Gasteiger partial charge < -0.3 is 5.73 Å². The number of halogens is 1. The highest BCUT2D eigenvalue weighted by molar-refractivity contribution is 8.16. The first-order valence-corrected chi connectivity index (χ1v) is 4.17. The molecule has 0 bridgehead atoms. The number of hydrogen-bond acceptors (Lipinski definition) is 4. The molecule has 0 atom stereocenters. The molecule has 1 aliphatic rings. The zero-order valence-electron chi connectivity index (χ0n) is 6.44. The van der Waals surface area contributed by atoms with Crippen molar-refractivity contribution in [2.75, 3.05) is 5.73 Å². The Morgan fingerprint density at radius 2 is 1.92 bits per heavy atom. The molecule has 0 aliphatic carbocycles. The predicted octanol–water partition coefficient (Wildman–Crippen LogP) is 1.51. The van der Waals surface area contributed by atoms with Crippen LogP contribution in [0.3, 0.4) is 0 Å². The smallest absolute Gasteiger partial charge is 0.264 e. The Bertz CT molecular complexity index is 392. The molecule has 1 aliphatic heterocycles. The van der Waals surface area contributed by atoms with Crippen LogP contribution in [0.5, 0.6) is 0 Å². The van der Waals surface area contributed by atoms with Crippen molar-refractivity contribution >= 4 is 40.8 Å². The van der Waals surface area contributed by atoms with Crippen LogP contribution in [0.2, 0.25) is 0 Å². The zero-order valence-corrected chi connectivity index (χ0v) is 8.08. The molecule has 1 heterocycles. The van der Waals surface area contributed by atoms with Crippen LogP contribution in [0.25, 0.3) is 0 Å². The molecule has 0 fully saturated rings. The number of fused-ring (bicyclic) bond motifs is 1. The van der Waals surface area contributed by atoms with Crippen molar-refractivity contribution in [3.05, 3.63) is 23.8 Å². The number of anilines is 1. The highest BCUT2D eigenvalue weighted by atomic mass is 35.5. The summed E-state index contributed by atoms with van der Waals surface area (Å²) in [5.74, 6) is -0.442. The molecule has 13 heavy (non-hydrogen) atoms. The van der Waals surface area contributed by atoms with Gasteiger partial charge in [-0.05, 0) is 23.9 Å².